The lowest BCUT2D eigenvalue weighted by molar-refractivity contribution is 0.711. The summed E-state index contributed by atoms with van der Waals surface area (Å²) in [5, 5.41) is 8.15. The van der Waals surface area contributed by atoms with Crippen molar-refractivity contribution in [1.82, 2.24) is 10.7 Å². The Hall–Kier alpha value is -1.55. The first-order chi connectivity index (χ1) is 8.25. The summed E-state index contributed by atoms with van der Waals surface area (Å²) in [7, 11) is 0. The van der Waals surface area contributed by atoms with E-state index in [2.05, 4.69) is 20.8 Å². The third-order valence-electron chi connectivity index (χ3n) is 2.49. The molecule has 0 radical (unpaired) electrons. The number of hydrogen-bond donors (Lipinski definition) is 2. The molecule has 5 heteroatoms. The highest BCUT2D eigenvalue weighted by Gasteiger charge is 2.02. The van der Waals surface area contributed by atoms with Crippen molar-refractivity contribution >= 4 is 23.3 Å². The minimum absolute atomic E-state index is 0.729. The Labute approximate surface area is 106 Å². The summed E-state index contributed by atoms with van der Waals surface area (Å²) < 4.78 is 0. The molecule has 1 heterocycles. The molecule has 0 atom stereocenters. The Kier molecular flexibility index (Phi) is 3.98. The van der Waals surface area contributed by atoms with Crippen molar-refractivity contribution in [3.8, 4) is 0 Å². The Bertz CT molecular complexity index is 436. The summed E-state index contributed by atoms with van der Waals surface area (Å²) in [4.78, 5) is 4.28. The molecular weight excluding hydrogens is 236 g/mol. The first kappa shape index (κ1) is 11.9. The van der Waals surface area contributed by atoms with Crippen molar-refractivity contribution in [2.75, 3.05) is 13.1 Å². The van der Waals surface area contributed by atoms with Crippen molar-refractivity contribution in [2.24, 2.45) is 10.1 Å². The maximum atomic E-state index is 5.83. The lowest BCUT2D eigenvalue weighted by atomic mass is 10.1. The van der Waals surface area contributed by atoms with Crippen LogP contribution < -0.4 is 10.7 Å². The first-order valence-electron chi connectivity index (χ1n) is 5.60. The molecule has 0 bridgehead atoms. The number of nitrogens with one attached hydrogen (secondary N) is 2. The smallest absolute Gasteiger partial charge is 0.212 e. The second-order valence-corrected chi connectivity index (χ2v) is 4.26. The van der Waals surface area contributed by atoms with Gasteiger partial charge in [0, 0.05) is 18.1 Å². The highest BCUT2D eigenvalue weighted by atomic mass is 35.5. The van der Waals surface area contributed by atoms with E-state index in [1.165, 1.54) is 0 Å². The van der Waals surface area contributed by atoms with E-state index in [-0.39, 0.29) is 0 Å². The fourth-order valence-corrected chi connectivity index (χ4v) is 1.63. The van der Waals surface area contributed by atoms with Gasteiger partial charge in [-0.25, -0.2) is 5.43 Å². The van der Waals surface area contributed by atoms with E-state index < -0.39 is 0 Å². The quantitative estimate of drug-likeness (QED) is 0.623. The second kappa shape index (κ2) is 5.68. The van der Waals surface area contributed by atoms with Crippen LogP contribution >= 0.6 is 11.6 Å². The van der Waals surface area contributed by atoms with Gasteiger partial charge in [-0.1, -0.05) is 23.7 Å². The molecule has 2 rings (SSSR count). The van der Waals surface area contributed by atoms with Gasteiger partial charge in [-0.2, -0.15) is 5.10 Å². The van der Waals surface area contributed by atoms with Gasteiger partial charge in [0.1, 0.15) is 0 Å². The molecule has 0 spiro atoms. The Morgan fingerprint density at radius 2 is 2.18 bits per heavy atom. The molecular formula is C12H15ClN4. The van der Waals surface area contributed by atoms with Crippen LogP contribution in [0.2, 0.25) is 5.02 Å². The van der Waals surface area contributed by atoms with Gasteiger partial charge in [0.15, 0.2) is 0 Å². The number of benzene rings is 1. The number of rotatable bonds is 2. The van der Waals surface area contributed by atoms with Crippen molar-refractivity contribution < 1.29 is 0 Å². The lowest BCUT2D eigenvalue weighted by Gasteiger charge is -2.13. The fourth-order valence-electron chi connectivity index (χ4n) is 1.50. The van der Waals surface area contributed by atoms with E-state index in [0.29, 0.717) is 0 Å². The standard InChI is InChI=1S/C12H15ClN4/c1-9(10-3-5-11(13)6-4-10)16-17-12-14-7-2-8-15-12/h3-6H,2,7-8H2,1H3,(H2,14,15,17)/b16-9-. The van der Waals surface area contributed by atoms with Crippen LogP contribution in [0.3, 0.4) is 0 Å². The van der Waals surface area contributed by atoms with Gasteiger partial charge < -0.3 is 5.32 Å². The third-order valence-corrected chi connectivity index (χ3v) is 2.74. The Balaban J connectivity index is 2.01. The number of hydrazone groups is 1. The van der Waals surface area contributed by atoms with Crippen LogP contribution in [0.1, 0.15) is 18.9 Å². The van der Waals surface area contributed by atoms with Crippen LogP contribution in [-0.4, -0.2) is 24.8 Å². The maximum Gasteiger partial charge on any atom is 0.212 e. The average Bonchev–Trinajstić information content (AvgIpc) is 2.38. The van der Waals surface area contributed by atoms with Crippen molar-refractivity contribution in [3.63, 3.8) is 0 Å². The van der Waals surface area contributed by atoms with Gasteiger partial charge in [-0.15, -0.1) is 0 Å². The Morgan fingerprint density at radius 1 is 1.41 bits per heavy atom. The molecule has 4 nitrogen and oxygen atoms in total. The molecule has 0 saturated carbocycles. The topological polar surface area (TPSA) is 48.8 Å². The molecule has 1 aromatic carbocycles. The van der Waals surface area contributed by atoms with Crippen molar-refractivity contribution in [3.05, 3.63) is 34.9 Å². The molecule has 90 valence electrons. The largest absolute Gasteiger partial charge is 0.355 e. The summed E-state index contributed by atoms with van der Waals surface area (Å²) in [6, 6.07) is 7.59. The summed E-state index contributed by atoms with van der Waals surface area (Å²) in [6.45, 7) is 3.74. The molecule has 0 unspecified atom stereocenters. The zero-order chi connectivity index (χ0) is 12.1. The number of hydrogen-bond acceptors (Lipinski definition) is 4. The molecule has 0 amide bonds. The number of aliphatic imine (C=N–C) groups is 1. The van der Waals surface area contributed by atoms with E-state index in [1.54, 1.807) is 0 Å². The van der Waals surface area contributed by atoms with Crippen LogP contribution in [0.15, 0.2) is 34.4 Å². The zero-order valence-electron chi connectivity index (χ0n) is 9.70. The van der Waals surface area contributed by atoms with Gasteiger partial charge >= 0.3 is 0 Å². The molecule has 0 fully saturated rings. The predicted octanol–water partition coefficient (Wildman–Crippen LogP) is 2.00. The monoisotopic (exact) mass is 250 g/mol. The van der Waals surface area contributed by atoms with E-state index in [1.807, 2.05) is 31.2 Å². The summed E-state index contributed by atoms with van der Waals surface area (Å²) >= 11 is 5.83. The number of guanidine groups is 1. The van der Waals surface area contributed by atoms with Crippen molar-refractivity contribution in [1.29, 1.82) is 0 Å². The molecule has 17 heavy (non-hydrogen) atoms. The van der Waals surface area contributed by atoms with Crippen LogP contribution in [-0.2, 0) is 0 Å². The van der Waals surface area contributed by atoms with Crippen LogP contribution in [0.5, 0.6) is 0 Å². The molecule has 0 aromatic heterocycles. The van der Waals surface area contributed by atoms with E-state index >= 15 is 0 Å². The minimum Gasteiger partial charge on any atom is -0.355 e. The summed E-state index contributed by atoms with van der Waals surface area (Å²) in [6.07, 6.45) is 1.07. The number of nitrogens with zero attached hydrogens (tertiary/aromatic N) is 2. The normalized spacial score (nSPS) is 16.1. The molecule has 2 N–H and O–H groups in total. The fraction of sp³-hybridized carbons (Fsp3) is 0.333. The van der Waals surface area contributed by atoms with Gasteiger partial charge in [-0.05, 0) is 31.0 Å². The first-order valence-corrected chi connectivity index (χ1v) is 5.98. The highest BCUT2D eigenvalue weighted by molar-refractivity contribution is 6.30. The van der Waals surface area contributed by atoms with Crippen LogP contribution in [0.25, 0.3) is 0 Å². The maximum absolute atomic E-state index is 5.83. The van der Waals surface area contributed by atoms with Gasteiger partial charge in [0.2, 0.25) is 5.96 Å². The molecule has 1 aromatic rings. The molecule has 1 aliphatic heterocycles. The van der Waals surface area contributed by atoms with Gasteiger partial charge in [-0.3, -0.25) is 4.99 Å². The van der Waals surface area contributed by atoms with E-state index in [9.17, 15) is 0 Å². The van der Waals surface area contributed by atoms with Gasteiger partial charge in [0.05, 0.1) is 5.71 Å². The number of halogens is 1. The predicted molar refractivity (Wildman–Crippen MR) is 71.7 cm³/mol. The minimum atomic E-state index is 0.729. The van der Waals surface area contributed by atoms with Crippen molar-refractivity contribution in [2.45, 2.75) is 13.3 Å². The van der Waals surface area contributed by atoms with Gasteiger partial charge in [0.25, 0.3) is 0 Å². The highest BCUT2D eigenvalue weighted by Crippen LogP contribution is 2.09. The van der Waals surface area contributed by atoms with Crippen LogP contribution in [0, 0.1) is 0 Å². The van der Waals surface area contributed by atoms with Crippen LogP contribution in [0.4, 0.5) is 0 Å². The molecule has 1 aliphatic rings. The summed E-state index contributed by atoms with van der Waals surface area (Å²) in [5.41, 5.74) is 4.87. The second-order valence-electron chi connectivity index (χ2n) is 3.83. The Morgan fingerprint density at radius 3 is 2.82 bits per heavy atom. The molecule has 0 saturated heterocycles. The SMILES string of the molecule is C/C(=N/NC1=NCCCN1)c1ccc(Cl)cc1. The summed E-state index contributed by atoms with van der Waals surface area (Å²) in [5.74, 6) is 0.740. The average molecular weight is 251 g/mol. The molecule has 0 aliphatic carbocycles. The van der Waals surface area contributed by atoms with E-state index in [0.717, 1.165) is 41.8 Å². The third kappa shape index (κ3) is 3.46. The zero-order valence-corrected chi connectivity index (χ0v) is 10.5. The lowest BCUT2D eigenvalue weighted by Crippen LogP contribution is -2.38. The van der Waals surface area contributed by atoms with E-state index in [4.69, 9.17) is 11.6 Å².